The molecule has 0 spiro atoms. The summed E-state index contributed by atoms with van der Waals surface area (Å²) in [6.07, 6.45) is 1.99. The molecule has 0 aromatic carbocycles. The molecule has 0 aliphatic heterocycles. The van der Waals surface area contributed by atoms with E-state index in [0.717, 1.165) is 6.07 Å². The minimum absolute atomic E-state index is 0.109. The van der Waals surface area contributed by atoms with Crippen molar-refractivity contribution in [3.05, 3.63) is 28.0 Å². The number of carboxylic acid groups (broad SMARTS) is 1. The Balaban J connectivity index is 2.23. The molecule has 0 fully saturated rings. The molecule has 0 bridgehead atoms. The molecule has 0 unspecified atom stereocenters. The molecule has 1 aromatic heterocycles. The summed E-state index contributed by atoms with van der Waals surface area (Å²) in [5, 5.41) is 21.3. The number of unbranched alkanes of at least 4 members (excludes halogenated alkanes) is 2. The molecule has 0 atom stereocenters. The standard InChI is InChI=1S/C11H14N2O6/c14-10(15)4-2-1-3-7-12-11(16)8-5-6-9(19-8)13(17)18/h5-6H,1-4,7H2,(H,12,16)(H,14,15). The molecule has 0 saturated carbocycles. The highest BCUT2D eigenvalue weighted by Crippen LogP contribution is 2.15. The first-order chi connectivity index (χ1) is 9.00. The Kier molecular flexibility index (Phi) is 5.52. The van der Waals surface area contributed by atoms with Crippen LogP contribution in [0, 0.1) is 10.1 Å². The molecule has 104 valence electrons. The number of carboxylic acids is 1. The Labute approximate surface area is 108 Å². The van der Waals surface area contributed by atoms with Crippen molar-refractivity contribution >= 4 is 17.8 Å². The van der Waals surface area contributed by atoms with Crippen LogP contribution in [0.3, 0.4) is 0 Å². The Morgan fingerprint density at radius 3 is 2.63 bits per heavy atom. The molecular weight excluding hydrogens is 256 g/mol. The van der Waals surface area contributed by atoms with Gasteiger partial charge in [0.15, 0.2) is 5.76 Å². The third kappa shape index (κ3) is 5.19. The summed E-state index contributed by atoms with van der Waals surface area (Å²) in [7, 11) is 0. The predicted octanol–water partition coefficient (Wildman–Crippen LogP) is 1.56. The van der Waals surface area contributed by atoms with E-state index in [1.807, 2.05) is 0 Å². The first kappa shape index (κ1) is 14.7. The zero-order chi connectivity index (χ0) is 14.3. The van der Waals surface area contributed by atoms with E-state index in [1.54, 1.807) is 0 Å². The molecule has 8 heteroatoms. The highest BCUT2D eigenvalue weighted by molar-refractivity contribution is 5.91. The van der Waals surface area contributed by atoms with Crippen LogP contribution in [0.25, 0.3) is 0 Å². The predicted molar refractivity (Wildman–Crippen MR) is 63.8 cm³/mol. The molecule has 0 radical (unpaired) electrons. The second-order valence-electron chi connectivity index (χ2n) is 3.86. The zero-order valence-corrected chi connectivity index (χ0v) is 10.1. The number of carbonyl (C=O) groups excluding carboxylic acids is 1. The molecule has 19 heavy (non-hydrogen) atoms. The number of hydrogen-bond donors (Lipinski definition) is 2. The molecule has 1 heterocycles. The lowest BCUT2D eigenvalue weighted by Gasteiger charge is -2.02. The smallest absolute Gasteiger partial charge is 0.433 e. The van der Waals surface area contributed by atoms with E-state index in [4.69, 9.17) is 9.52 Å². The Morgan fingerprint density at radius 2 is 2.05 bits per heavy atom. The van der Waals surface area contributed by atoms with Crippen LogP contribution < -0.4 is 5.32 Å². The summed E-state index contributed by atoms with van der Waals surface area (Å²) in [5.41, 5.74) is 0. The van der Waals surface area contributed by atoms with Crippen LogP contribution in [0.4, 0.5) is 5.88 Å². The van der Waals surface area contributed by atoms with Gasteiger partial charge in [-0.2, -0.15) is 0 Å². The highest BCUT2D eigenvalue weighted by atomic mass is 16.6. The maximum Gasteiger partial charge on any atom is 0.433 e. The molecule has 0 saturated heterocycles. The van der Waals surface area contributed by atoms with Crippen molar-refractivity contribution in [2.45, 2.75) is 25.7 Å². The summed E-state index contributed by atoms with van der Waals surface area (Å²) >= 11 is 0. The number of furan rings is 1. The van der Waals surface area contributed by atoms with Gasteiger partial charge in [0.05, 0.1) is 6.07 Å². The molecule has 0 aliphatic carbocycles. The molecule has 0 aliphatic rings. The van der Waals surface area contributed by atoms with Crippen LogP contribution in [0.2, 0.25) is 0 Å². The Bertz CT molecular complexity index is 468. The summed E-state index contributed by atoms with van der Waals surface area (Å²) in [6.45, 7) is 0.368. The third-order valence-electron chi connectivity index (χ3n) is 2.35. The summed E-state index contributed by atoms with van der Waals surface area (Å²) in [5.74, 6) is -1.96. The fourth-order valence-corrected chi connectivity index (χ4v) is 1.41. The minimum Gasteiger partial charge on any atom is -0.481 e. The second-order valence-corrected chi connectivity index (χ2v) is 3.86. The van der Waals surface area contributed by atoms with Crippen LogP contribution in [-0.2, 0) is 4.79 Å². The Morgan fingerprint density at radius 1 is 1.32 bits per heavy atom. The van der Waals surface area contributed by atoms with Gasteiger partial charge in [0, 0.05) is 13.0 Å². The lowest BCUT2D eigenvalue weighted by Crippen LogP contribution is -2.23. The number of nitro groups is 1. The number of amides is 1. The van der Waals surface area contributed by atoms with Crippen LogP contribution >= 0.6 is 0 Å². The molecule has 8 nitrogen and oxygen atoms in total. The largest absolute Gasteiger partial charge is 0.481 e. The fraction of sp³-hybridized carbons (Fsp3) is 0.455. The molecule has 1 aromatic rings. The van der Waals surface area contributed by atoms with Crippen LogP contribution in [-0.4, -0.2) is 28.5 Å². The second kappa shape index (κ2) is 7.14. The summed E-state index contributed by atoms with van der Waals surface area (Å²) < 4.78 is 4.73. The monoisotopic (exact) mass is 270 g/mol. The number of carbonyl (C=O) groups is 2. The maximum absolute atomic E-state index is 11.5. The van der Waals surface area contributed by atoms with Gasteiger partial charge in [-0.05, 0) is 18.9 Å². The van der Waals surface area contributed by atoms with Crippen LogP contribution in [0.1, 0.15) is 36.2 Å². The van der Waals surface area contributed by atoms with Gasteiger partial charge in [-0.1, -0.05) is 6.42 Å². The number of nitrogens with zero attached hydrogens (tertiary/aromatic N) is 1. The van der Waals surface area contributed by atoms with Gasteiger partial charge in [-0.3, -0.25) is 19.7 Å². The van der Waals surface area contributed by atoms with Crippen molar-refractivity contribution in [3.8, 4) is 0 Å². The van der Waals surface area contributed by atoms with Gasteiger partial charge in [-0.15, -0.1) is 0 Å². The highest BCUT2D eigenvalue weighted by Gasteiger charge is 2.16. The van der Waals surface area contributed by atoms with Crippen molar-refractivity contribution in [3.63, 3.8) is 0 Å². The van der Waals surface area contributed by atoms with E-state index in [1.165, 1.54) is 6.07 Å². The van der Waals surface area contributed by atoms with Gasteiger partial charge < -0.3 is 14.8 Å². The minimum atomic E-state index is -0.841. The lowest BCUT2D eigenvalue weighted by atomic mass is 10.2. The third-order valence-corrected chi connectivity index (χ3v) is 2.35. The van der Waals surface area contributed by atoms with Gasteiger partial charge in [0.25, 0.3) is 5.91 Å². The quantitative estimate of drug-likeness (QED) is 0.420. The fourth-order valence-electron chi connectivity index (χ4n) is 1.41. The first-order valence-electron chi connectivity index (χ1n) is 5.75. The van der Waals surface area contributed by atoms with Crippen LogP contribution in [0.15, 0.2) is 16.5 Å². The van der Waals surface area contributed by atoms with Gasteiger partial charge in [0.1, 0.15) is 4.92 Å². The Hall–Kier alpha value is -2.38. The van der Waals surface area contributed by atoms with E-state index in [-0.39, 0.29) is 12.2 Å². The molecular formula is C11H14N2O6. The van der Waals surface area contributed by atoms with Crippen molar-refractivity contribution in [1.29, 1.82) is 0 Å². The van der Waals surface area contributed by atoms with Crippen LogP contribution in [0.5, 0.6) is 0 Å². The van der Waals surface area contributed by atoms with E-state index in [0.29, 0.717) is 25.8 Å². The average molecular weight is 270 g/mol. The van der Waals surface area contributed by atoms with Gasteiger partial charge >= 0.3 is 11.9 Å². The van der Waals surface area contributed by atoms with E-state index in [9.17, 15) is 19.7 Å². The summed E-state index contributed by atoms with van der Waals surface area (Å²) in [4.78, 5) is 31.4. The summed E-state index contributed by atoms with van der Waals surface area (Å²) in [6, 6.07) is 2.35. The van der Waals surface area contributed by atoms with Crippen molar-refractivity contribution < 1.29 is 24.0 Å². The van der Waals surface area contributed by atoms with Gasteiger partial charge in [-0.25, -0.2) is 0 Å². The SMILES string of the molecule is O=C(O)CCCCCNC(=O)c1ccc([N+](=O)[O-])o1. The molecule has 1 amide bonds. The first-order valence-corrected chi connectivity index (χ1v) is 5.75. The molecule has 2 N–H and O–H groups in total. The lowest BCUT2D eigenvalue weighted by molar-refractivity contribution is -0.402. The van der Waals surface area contributed by atoms with Gasteiger partial charge in [0.2, 0.25) is 0 Å². The maximum atomic E-state index is 11.5. The molecule has 1 rings (SSSR count). The topological polar surface area (TPSA) is 123 Å². The zero-order valence-electron chi connectivity index (χ0n) is 10.1. The number of nitrogens with one attached hydrogen (secondary N) is 1. The average Bonchev–Trinajstić information content (AvgIpc) is 2.82. The van der Waals surface area contributed by atoms with E-state index in [2.05, 4.69) is 5.32 Å². The number of aliphatic carboxylic acids is 1. The van der Waals surface area contributed by atoms with E-state index >= 15 is 0 Å². The van der Waals surface area contributed by atoms with Crippen molar-refractivity contribution in [2.24, 2.45) is 0 Å². The number of rotatable bonds is 8. The normalized spacial score (nSPS) is 10.1. The van der Waals surface area contributed by atoms with Crippen molar-refractivity contribution in [1.82, 2.24) is 5.32 Å². The van der Waals surface area contributed by atoms with E-state index < -0.39 is 22.7 Å². The number of hydrogen-bond acceptors (Lipinski definition) is 5. The van der Waals surface area contributed by atoms with Crippen molar-refractivity contribution in [2.75, 3.05) is 6.54 Å².